The number of hydrogen-bond donors (Lipinski definition) is 0. The van der Waals surface area contributed by atoms with E-state index in [1.165, 1.54) is 0 Å². The average Bonchev–Trinajstić information content (AvgIpc) is 2.76. The zero-order valence-electron chi connectivity index (χ0n) is 10.2. The molecule has 0 aromatic carbocycles. The summed E-state index contributed by atoms with van der Waals surface area (Å²) in [7, 11) is 0. The fourth-order valence-electron chi connectivity index (χ4n) is 2.06. The Bertz CT molecular complexity index is 389. The number of carbonyl (C=O) groups is 1. The SMILES string of the molecule is CC(C)(C)c1csc(CC2CCCC2=O)n1. The van der Waals surface area contributed by atoms with Crippen LogP contribution in [0.4, 0.5) is 0 Å². The maximum atomic E-state index is 11.6. The Balaban J connectivity index is 2.05. The zero-order valence-corrected chi connectivity index (χ0v) is 11.1. The van der Waals surface area contributed by atoms with Crippen LogP contribution in [0.25, 0.3) is 0 Å². The second kappa shape index (κ2) is 4.28. The van der Waals surface area contributed by atoms with Crippen molar-refractivity contribution in [3.05, 3.63) is 16.1 Å². The van der Waals surface area contributed by atoms with Gasteiger partial charge < -0.3 is 0 Å². The van der Waals surface area contributed by atoms with E-state index in [0.29, 0.717) is 5.78 Å². The summed E-state index contributed by atoms with van der Waals surface area (Å²) in [4.78, 5) is 16.2. The lowest BCUT2D eigenvalue weighted by molar-refractivity contribution is -0.120. The van der Waals surface area contributed by atoms with Crippen LogP contribution in [0.1, 0.15) is 50.7 Å². The van der Waals surface area contributed by atoms with Crippen LogP contribution in [-0.2, 0) is 16.6 Å². The smallest absolute Gasteiger partial charge is 0.136 e. The maximum Gasteiger partial charge on any atom is 0.136 e. The van der Waals surface area contributed by atoms with Crippen molar-refractivity contribution in [1.29, 1.82) is 0 Å². The van der Waals surface area contributed by atoms with Crippen molar-refractivity contribution in [3.8, 4) is 0 Å². The third kappa shape index (κ3) is 2.51. The molecule has 1 unspecified atom stereocenters. The van der Waals surface area contributed by atoms with Crippen LogP contribution in [0.15, 0.2) is 5.38 Å². The lowest BCUT2D eigenvalue weighted by Gasteiger charge is -2.14. The van der Waals surface area contributed by atoms with Crippen LogP contribution in [0, 0.1) is 5.92 Å². The molecule has 1 aromatic rings. The number of hydrogen-bond acceptors (Lipinski definition) is 3. The molecule has 1 saturated carbocycles. The maximum absolute atomic E-state index is 11.6. The van der Waals surface area contributed by atoms with E-state index in [1.54, 1.807) is 11.3 Å². The molecule has 0 saturated heterocycles. The summed E-state index contributed by atoms with van der Waals surface area (Å²) in [6.45, 7) is 6.52. The Labute approximate surface area is 101 Å². The van der Waals surface area contributed by atoms with Gasteiger partial charge in [0.05, 0.1) is 10.7 Å². The van der Waals surface area contributed by atoms with Gasteiger partial charge in [-0.3, -0.25) is 4.79 Å². The Morgan fingerprint density at radius 3 is 2.75 bits per heavy atom. The van der Waals surface area contributed by atoms with Gasteiger partial charge in [-0.2, -0.15) is 0 Å². The fourth-order valence-corrected chi connectivity index (χ4v) is 3.17. The summed E-state index contributed by atoms with van der Waals surface area (Å²) >= 11 is 1.70. The van der Waals surface area contributed by atoms with E-state index < -0.39 is 0 Å². The highest BCUT2D eigenvalue weighted by Crippen LogP contribution is 2.29. The zero-order chi connectivity index (χ0) is 11.8. The normalized spacial score (nSPS) is 21.7. The van der Waals surface area contributed by atoms with Crippen molar-refractivity contribution in [3.63, 3.8) is 0 Å². The van der Waals surface area contributed by atoms with Crippen molar-refractivity contribution in [2.75, 3.05) is 0 Å². The van der Waals surface area contributed by atoms with E-state index in [0.717, 1.165) is 36.4 Å². The lowest BCUT2D eigenvalue weighted by atomic mass is 9.93. The fraction of sp³-hybridized carbons (Fsp3) is 0.692. The highest BCUT2D eigenvalue weighted by molar-refractivity contribution is 7.09. The molecule has 0 amide bonds. The monoisotopic (exact) mass is 237 g/mol. The van der Waals surface area contributed by atoms with E-state index >= 15 is 0 Å². The number of carbonyl (C=O) groups excluding carboxylic acids is 1. The van der Waals surface area contributed by atoms with Crippen molar-refractivity contribution in [2.45, 2.75) is 51.9 Å². The molecule has 3 heteroatoms. The summed E-state index contributed by atoms with van der Waals surface area (Å²) in [6, 6.07) is 0. The van der Waals surface area contributed by atoms with E-state index in [9.17, 15) is 4.79 Å². The molecule has 0 aliphatic heterocycles. The van der Waals surface area contributed by atoms with Gasteiger partial charge in [-0.25, -0.2) is 4.98 Å². The van der Waals surface area contributed by atoms with Crippen molar-refractivity contribution < 1.29 is 4.79 Å². The molecule has 88 valence electrons. The standard InChI is InChI=1S/C13H19NOS/c1-13(2,3)11-8-16-12(14-11)7-9-5-4-6-10(9)15/h8-9H,4-7H2,1-3H3. The molecule has 2 nitrogen and oxygen atoms in total. The largest absolute Gasteiger partial charge is 0.299 e. The van der Waals surface area contributed by atoms with Crippen molar-refractivity contribution in [1.82, 2.24) is 4.98 Å². The van der Waals surface area contributed by atoms with Gasteiger partial charge in [-0.1, -0.05) is 20.8 Å². The quantitative estimate of drug-likeness (QED) is 0.789. The minimum absolute atomic E-state index is 0.119. The number of rotatable bonds is 2. The molecule has 1 heterocycles. The van der Waals surface area contributed by atoms with Gasteiger partial charge in [-0.05, 0) is 12.8 Å². The van der Waals surface area contributed by atoms with Gasteiger partial charge in [0.15, 0.2) is 0 Å². The summed E-state index contributed by atoms with van der Waals surface area (Å²) in [6.07, 6.45) is 3.77. The van der Waals surface area contributed by atoms with Crippen LogP contribution in [-0.4, -0.2) is 10.8 Å². The van der Waals surface area contributed by atoms with Gasteiger partial charge >= 0.3 is 0 Å². The first-order valence-corrected chi connectivity index (χ1v) is 6.82. The minimum atomic E-state index is 0.119. The van der Waals surface area contributed by atoms with Gasteiger partial charge in [0.1, 0.15) is 5.78 Å². The molecule has 0 N–H and O–H groups in total. The molecule has 1 aromatic heterocycles. The van der Waals surface area contributed by atoms with Crippen LogP contribution in [0.3, 0.4) is 0 Å². The Hall–Kier alpha value is -0.700. The Kier molecular flexibility index (Phi) is 3.15. The van der Waals surface area contributed by atoms with Gasteiger partial charge in [0.2, 0.25) is 0 Å². The van der Waals surface area contributed by atoms with E-state index in [-0.39, 0.29) is 11.3 Å². The summed E-state index contributed by atoms with van der Waals surface area (Å²) < 4.78 is 0. The molecule has 16 heavy (non-hydrogen) atoms. The first-order valence-electron chi connectivity index (χ1n) is 5.94. The van der Waals surface area contributed by atoms with Gasteiger partial charge in [0, 0.05) is 29.6 Å². The van der Waals surface area contributed by atoms with Crippen LogP contribution >= 0.6 is 11.3 Å². The third-order valence-corrected chi connectivity index (χ3v) is 4.04. The summed E-state index contributed by atoms with van der Waals surface area (Å²) in [5, 5.41) is 3.26. The highest BCUT2D eigenvalue weighted by atomic mass is 32.1. The number of nitrogens with zero attached hydrogens (tertiary/aromatic N) is 1. The minimum Gasteiger partial charge on any atom is -0.299 e. The molecule has 2 rings (SSSR count). The van der Waals surface area contributed by atoms with E-state index in [4.69, 9.17) is 0 Å². The second-order valence-electron chi connectivity index (χ2n) is 5.64. The Morgan fingerprint density at radius 2 is 2.25 bits per heavy atom. The van der Waals surface area contributed by atoms with E-state index in [1.807, 2.05) is 0 Å². The van der Waals surface area contributed by atoms with Gasteiger partial charge in [0.25, 0.3) is 0 Å². The topological polar surface area (TPSA) is 30.0 Å². The Morgan fingerprint density at radius 1 is 1.50 bits per heavy atom. The first-order chi connectivity index (χ1) is 7.47. The summed E-state index contributed by atoms with van der Waals surface area (Å²) in [5.74, 6) is 0.687. The predicted molar refractivity (Wildman–Crippen MR) is 66.9 cm³/mol. The first kappa shape index (κ1) is 11.8. The second-order valence-corrected chi connectivity index (χ2v) is 6.58. The lowest BCUT2D eigenvalue weighted by Crippen LogP contribution is -2.13. The molecule has 1 atom stereocenters. The van der Waals surface area contributed by atoms with Gasteiger partial charge in [-0.15, -0.1) is 11.3 Å². The molecule has 1 aliphatic rings. The molecule has 0 spiro atoms. The van der Waals surface area contributed by atoms with Crippen LogP contribution in [0.5, 0.6) is 0 Å². The molecule has 1 aliphatic carbocycles. The molecular weight excluding hydrogens is 218 g/mol. The van der Waals surface area contributed by atoms with E-state index in [2.05, 4.69) is 31.1 Å². The molecule has 1 fully saturated rings. The average molecular weight is 237 g/mol. The summed E-state index contributed by atoms with van der Waals surface area (Å²) in [5.41, 5.74) is 1.27. The van der Waals surface area contributed by atoms with Crippen molar-refractivity contribution in [2.24, 2.45) is 5.92 Å². The predicted octanol–water partition coefficient (Wildman–Crippen LogP) is 3.35. The molecule has 0 radical (unpaired) electrons. The third-order valence-electron chi connectivity index (χ3n) is 3.17. The van der Waals surface area contributed by atoms with Crippen molar-refractivity contribution >= 4 is 17.1 Å². The molecular formula is C13H19NOS. The van der Waals surface area contributed by atoms with Crippen LogP contribution < -0.4 is 0 Å². The number of aromatic nitrogens is 1. The number of Topliss-reactive ketones (excluding diaryl/α,β-unsaturated/α-hetero) is 1. The number of ketones is 1. The molecule has 0 bridgehead atoms. The van der Waals surface area contributed by atoms with Crippen LogP contribution in [0.2, 0.25) is 0 Å². The highest BCUT2D eigenvalue weighted by Gasteiger charge is 2.26. The number of thiazole rings is 1.